The first-order valence-corrected chi connectivity index (χ1v) is 29.2. The molecule has 1 saturated heterocycles. The lowest BCUT2D eigenvalue weighted by Gasteiger charge is -2.44. The highest BCUT2D eigenvalue weighted by Crippen LogP contribution is 2.29. The van der Waals surface area contributed by atoms with E-state index in [0.29, 0.717) is 19.3 Å². The molecule has 1 amide bonds. The van der Waals surface area contributed by atoms with Crippen molar-refractivity contribution in [3.8, 4) is 0 Å². The van der Waals surface area contributed by atoms with Crippen molar-refractivity contribution in [3.05, 3.63) is 0 Å². The van der Waals surface area contributed by atoms with Crippen LogP contribution in [0.25, 0.3) is 0 Å². The van der Waals surface area contributed by atoms with E-state index >= 15 is 0 Å². The molecule has 430 valence electrons. The molecular formula is C57H101NO16. The predicted octanol–water partition coefficient (Wildman–Crippen LogP) is 11.8. The minimum atomic E-state index is -1.87. The first-order valence-electron chi connectivity index (χ1n) is 29.2. The predicted molar refractivity (Wildman–Crippen MR) is 282 cm³/mol. The molecule has 5 N–H and O–H groups in total. The van der Waals surface area contributed by atoms with E-state index in [-0.39, 0.29) is 19.3 Å². The Balaban J connectivity index is 3.11. The van der Waals surface area contributed by atoms with Crippen LogP contribution in [-0.2, 0) is 57.2 Å². The van der Waals surface area contributed by atoms with Gasteiger partial charge in [0, 0.05) is 19.3 Å². The third-order valence-electron chi connectivity index (χ3n) is 13.7. The summed E-state index contributed by atoms with van der Waals surface area (Å²) in [5.74, 6) is -7.48. The number of nitrogens with one attached hydrogen (secondary N) is 1. The van der Waals surface area contributed by atoms with Crippen LogP contribution in [0.1, 0.15) is 271 Å². The van der Waals surface area contributed by atoms with Crippen molar-refractivity contribution in [1.82, 2.24) is 5.32 Å². The van der Waals surface area contributed by atoms with Gasteiger partial charge < -0.3 is 49.4 Å². The molecule has 0 spiro atoms. The van der Waals surface area contributed by atoms with Gasteiger partial charge in [-0.2, -0.15) is 0 Å². The van der Waals surface area contributed by atoms with Crippen LogP contribution in [0.3, 0.4) is 0 Å². The van der Waals surface area contributed by atoms with Crippen LogP contribution in [0.2, 0.25) is 0 Å². The molecule has 17 nitrogen and oxygen atoms in total. The second kappa shape index (κ2) is 45.4. The standard InChI is InChI=1S/C57H101NO16/c1-4-7-10-13-16-19-22-25-28-31-34-37-47(59)58-53-55(74-51(65)39-36-33-30-27-24-21-18-15-12-9-6-3)54(67)46(73-57(53)71-44(40-48(60)61)41-49(62)63)43-70-52(66)42-45(56(68)69)72-50(64)38-35-32-29-26-23-20-17-14-11-8-5-2/h44-46,53-55,57,67H,4-43H2,1-3H3,(H,58,59)(H,60,61)(H,62,63)(H,68,69)/t45-,46+,53+,54+,55+,57-/m0/s1. The number of carbonyl (C=O) groups excluding carboxylic acids is 4. The van der Waals surface area contributed by atoms with Crippen molar-refractivity contribution in [3.63, 3.8) is 0 Å². The molecule has 1 aliphatic rings. The van der Waals surface area contributed by atoms with Crippen LogP contribution in [0.5, 0.6) is 0 Å². The fourth-order valence-corrected chi connectivity index (χ4v) is 9.28. The maximum absolute atomic E-state index is 13.6. The van der Waals surface area contributed by atoms with E-state index in [2.05, 4.69) is 26.1 Å². The van der Waals surface area contributed by atoms with Gasteiger partial charge in [0.15, 0.2) is 12.4 Å². The highest BCUT2D eigenvalue weighted by Gasteiger charge is 2.50. The van der Waals surface area contributed by atoms with Gasteiger partial charge in [0.05, 0.1) is 25.4 Å². The Labute approximate surface area is 444 Å². The first kappa shape index (κ1) is 68.2. The van der Waals surface area contributed by atoms with E-state index in [0.717, 1.165) is 89.9 Å². The Kier molecular flexibility index (Phi) is 41.8. The normalized spacial score (nSPS) is 17.9. The number of esters is 3. The molecule has 0 unspecified atom stereocenters. The smallest absolute Gasteiger partial charge is 0.345 e. The molecule has 0 aromatic rings. The molecule has 0 aromatic carbocycles. The van der Waals surface area contributed by atoms with Gasteiger partial charge in [-0.1, -0.05) is 213 Å². The minimum Gasteiger partial charge on any atom is -0.481 e. The number of carboxylic acids is 3. The van der Waals surface area contributed by atoms with Crippen LogP contribution >= 0.6 is 0 Å². The molecule has 0 radical (unpaired) electrons. The third kappa shape index (κ3) is 36.2. The molecule has 74 heavy (non-hydrogen) atoms. The van der Waals surface area contributed by atoms with E-state index in [1.54, 1.807) is 0 Å². The zero-order valence-electron chi connectivity index (χ0n) is 46.0. The first-order chi connectivity index (χ1) is 35.7. The Morgan fingerprint density at radius 3 is 1.26 bits per heavy atom. The third-order valence-corrected chi connectivity index (χ3v) is 13.7. The number of aliphatic hydroxyl groups is 1. The molecule has 0 saturated carbocycles. The molecule has 0 bridgehead atoms. The summed E-state index contributed by atoms with van der Waals surface area (Å²) >= 11 is 0. The number of hydrogen-bond donors (Lipinski definition) is 5. The SMILES string of the molecule is CCCCCCCCCCCCCC(=O)N[C@H]1[C@@H](OC(CC(=O)O)CC(=O)O)O[C@H](COC(=O)C[C@H](OC(=O)CCCCCCCCCCCCC)C(=O)O)[C@@H](O)[C@@H]1OC(=O)CCCCCCCCCCCCC. The molecule has 17 heteroatoms. The van der Waals surface area contributed by atoms with E-state index < -0.39 is 110 Å². The van der Waals surface area contributed by atoms with Gasteiger partial charge in [0.2, 0.25) is 12.0 Å². The molecule has 1 rings (SSSR count). The van der Waals surface area contributed by atoms with Crippen molar-refractivity contribution < 1.29 is 77.7 Å². The van der Waals surface area contributed by atoms with Gasteiger partial charge >= 0.3 is 35.8 Å². The number of unbranched alkanes of at least 4 members (excludes halogenated alkanes) is 30. The second-order valence-corrected chi connectivity index (χ2v) is 20.6. The summed E-state index contributed by atoms with van der Waals surface area (Å²) in [7, 11) is 0. The fraction of sp³-hybridized carbons (Fsp3) is 0.877. The van der Waals surface area contributed by atoms with E-state index in [1.807, 2.05) is 0 Å². The van der Waals surface area contributed by atoms with Crippen molar-refractivity contribution >= 4 is 41.7 Å². The molecular weight excluding hydrogens is 955 g/mol. The number of rotatable bonds is 50. The average molecular weight is 1060 g/mol. The molecule has 1 aliphatic heterocycles. The Hall–Kier alpha value is -3.83. The zero-order chi connectivity index (χ0) is 54.6. The largest absolute Gasteiger partial charge is 0.481 e. The van der Waals surface area contributed by atoms with Crippen LogP contribution < -0.4 is 5.32 Å². The quantitative estimate of drug-likeness (QED) is 0.0215. The lowest BCUT2D eigenvalue weighted by atomic mass is 9.95. The summed E-state index contributed by atoms with van der Waals surface area (Å²) in [6, 6.07) is -1.46. The van der Waals surface area contributed by atoms with Crippen LogP contribution in [0, 0.1) is 0 Å². The molecule has 6 atom stereocenters. The monoisotopic (exact) mass is 1060 g/mol. The minimum absolute atomic E-state index is 0.0269. The summed E-state index contributed by atoms with van der Waals surface area (Å²) in [5, 5.41) is 43.6. The number of carboxylic acid groups (broad SMARTS) is 3. The molecule has 1 heterocycles. The van der Waals surface area contributed by atoms with Crippen molar-refractivity contribution in [2.24, 2.45) is 0 Å². The van der Waals surface area contributed by atoms with Crippen LogP contribution in [-0.4, -0.2) is 112 Å². The summed E-state index contributed by atoms with van der Waals surface area (Å²) < 4.78 is 28.4. The van der Waals surface area contributed by atoms with Gasteiger partial charge in [-0.15, -0.1) is 0 Å². The van der Waals surface area contributed by atoms with E-state index in [1.165, 1.54) is 103 Å². The van der Waals surface area contributed by atoms with Crippen molar-refractivity contribution in [1.29, 1.82) is 0 Å². The topological polar surface area (TPSA) is 259 Å². The fourth-order valence-electron chi connectivity index (χ4n) is 9.28. The number of ether oxygens (including phenoxy) is 5. The zero-order valence-corrected chi connectivity index (χ0v) is 46.0. The molecule has 0 aromatic heterocycles. The highest BCUT2D eigenvalue weighted by atomic mass is 16.7. The maximum Gasteiger partial charge on any atom is 0.345 e. The average Bonchev–Trinajstić information content (AvgIpc) is 3.34. The summed E-state index contributed by atoms with van der Waals surface area (Å²) in [6.07, 6.45) is 22.5. The maximum atomic E-state index is 13.6. The van der Waals surface area contributed by atoms with Crippen LogP contribution in [0.4, 0.5) is 0 Å². The summed E-state index contributed by atoms with van der Waals surface area (Å²) in [6.45, 7) is 5.80. The van der Waals surface area contributed by atoms with Gasteiger partial charge in [-0.05, 0) is 19.3 Å². The second-order valence-electron chi connectivity index (χ2n) is 20.6. The van der Waals surface area contributed by atoms with Gasteiger partial charge in [0.25, 0.3) is 0 Å². The van der Waals surface area contributed by atoms with Gasteiger partial charge in [-0.3, -0.25) is 28.8 Å². The van der Waals surface area contributed by atoms with Crippen LogP contribution in [0.15, 0.2) is 0 Å². The van der Waals surface area contributed by atoms with Crippen molar-refractivity contribution in [2.75, 3.05) is 6.61 Å². The number of aliphatic hydroxyl groups excluding tert-OH is 1. The van der Waals surface area contributed by atoms with E-state index in [4.69, 9.17) is 23.7 Å². The van der Waals surface area contributed by atoms with Gasteiger partial charge in [0.1, 0.15) is 24.9 Å². The lowest BCUT2D eigenvalue weighted by Crippen LogP contribution is -2.66. The Bertz CT molecular complexity index is 1490. The number of aliphatic carboxylic acids is 3. The number of carbonyl (C=O) groups is 7. The Morgan fingerprint density at radius 2 is 0.865 bits per heavy atom. The summed E-state index contributed by atoms with van der Waals surface area (Å²) in [4.78, 5) is 88.6. The van der Waals surface area contributed by atoms with E-state index in [9.17, 15) is 54.0 Å². The Morgan fingerprint density at radius 1 is 0.486 bits per heavy atom. The highest BCUT2D eigenvalue weighted by molar-refractivity contribution is 5.83. The molecule has 0 aliphatic carbocycles. The molecule has 1 fully saturated rings. The van der Waals surface area contributed by atoms with Gasteiger partial charge in [-0.25, -0.2) is 4.79 Å². The lowest BCUT2D eigenvalue weighted by molar-refractivity contribution is -0.286. The number of hydrogen-bond acceptors (Lipinski definition) is 13. The summed E-state index contributed by atoms with van der Waals surface area (Å²) in [5.41, 5.74) is 0. The number of amides is 1. The van der Waals surface area contributed by atoms with Crippen molar-refractivity contribution in [2.45, 2.75) is 314 Å².